The SMILES string of the molecule is c1cnc2c(c1)CCCC2Sc1nccs1. The summed E-state index contributed by atoms with van der Waals surface area (Å²) in [7, 11) is 0. The summed E-state index contributed by atoms with van der Waals surface area (Å²) in [5, 5.41) is 2.53. The van der Waals surface area contributed by atoms with Crippen molar-refractivity contribution in [2.24, 2.45) is 0 Å². The third kappa shape index (κ3) is 1.99. The Kier molecular flexibility index (Phi) is 2.93. The number of aryl methyl sites for hydroxylation is 1. The molecule has 2 nitrogen and oxygen atoms in total. The molecule has 3 rings (SSSR count). The molecule has 1 aliphatic rings. The van der Waals surface area contributed by atoms with Gasteiger partial charge in [0.15, 0.2) is 0 Å². The van der Waals surface area contributed by atoms with Gasteiger partial charge in [-0.1, -0.05) is 17.8 Å². The van der Waals surface area contributed by atoms with Crippen molar-refractivity contribution in [3.05, 3.63) is 41.2 Å². The number of nitrogens with zero attached hydrogens (tertiary/aromatic N) is 2. The van der Waals surface area contributed by atoms with E-state index in [4.69, 9.17) is 0 Å². The van der Waals surface area contributed by atoms with Crippen LogP contribution in [0.25, 0.3) is 0 Å². The molecule has 0 radical (unpaired) electrons. The topological polar surface area (TPSA) is 25.8 Å². The summed E-state index contributed by atoms with van der Waals surface area (Å²) >= 11 is 3.57. The fraction of sp³-hybridized carbons (Fsp3) is 0.333. The monoisotopic (exact) mass is 248 g/mol. The highest BCUT2D eigenvalue weighted by Gasteiger charge is 2.22. The van der Waals surface area contributed by atoms with Crippen LogP contribution in [0, 0.1) is 0 Å². The molecule has 0 aliphatic heterocycles. The van der Waals surface area contributed by atoms with Crippen LogP contribution in [-0.4, -0.2) is 9.97 Å². The van der Waals surface area contributed by atoms with E-state index in [-0.39, 0.29) is 0 Å². The van der Waals surface area contributed by atoms with E-state index in [1.165, 1.54) is 30.5 Å². The predicted molar refractivity (Wildman–Crippen MR) is 67.9 cm³/mol. The standard InChI is InChI=1S/C12H12N2S2/c1-3-9-4-2-6-13-11(9)10(5-1)16-12-14-7-8-15-12/h2,4,6-8,10H,1,3,5H2. The van der Waals surface area contributed by atoms with E-state index in [1.807, 2.05) is 35.6 Å². The van der Waals surface area contributed by atoms with Crippen molar-refractivity contribution in [3.8, 4) is 0 Å². The third-order valence-corrected chi connectivity index (χ3v) is 4.99. The highest BCUT2D eigenvalue weighted by molar-refractivity contribution is 8.01. The molecule has 16 heavy (non-hydrogen) atoms. The first-order chi connectivity index (χ1) is 7.93. The second-order valence-electron chi connectivity index (χ2n) is 3.84. The lowest BCUT2D eigenvalue weighted by molar-refractivity contribution is 0.656. The quantitative estimate of drug-likeness (QED) is 0.810. The molecule has 0 amide bonds. The highest BCUT2D eigenvalue weighted by atomic mass is 32.2. The summed E-state index contributed by atoms with van der Waals surface area (Å²) in [5.74, 6) is 0. The molecule has 0 saturated carbocycles. The van der Waals surface area contributed by atoms with Gasteiger partial charge < -0.3 is 0 Å². The number of thioether (sulfide) groups is 1. The Morgan fingerprint density at radius 2 is 2.31 bits per heavy atom. The van der Waals surface area contributed by atoms with Gasteiger partial charge in [-0.05, 0) is 30.9 Å². The van der Waals surface area contributed by atoms with Crippen LogP contribution >= 0.6 is 23.1 Å². The number of hydrogen-bond donors (Lipinski definition) is 0. The molecular weight excluding hydrogens is 236 g/mol. The third-order valence-electron chi connectivity index (χ3n) is 2.80. The normalized spacial score (nSPS) is 19.4. The Morgan fingerprint density at radius 3 is 3.19 bits per heavy atom. The summed E-state index contributed by atoms with van der Waals surface area (Å²) < 4.78 is 1.16. The molecule has 0 spiro atoms. The van der Waals surface area contributed by atoms with Gasteiger partial charge in [0.05, 0.1) is 10.9 Å². The van der Waals surface area contributed by atoms with Gasteiger partial charge in [-0.3, -0.25) is 4.98 Å². The summed E-state index contributed by atoms with van der Waals surface area (Å²) in [6.07, 6.45) is 7.43. The highest BCUT2D eigenvalue weighted by Crippen LogP contribution is 2.42. The summed E-state index contributed by atoms with van der Waals surface area (Å²) in [6, 6.07) is 4.24. The number of aromatic nitrogens is 2. The van der Waals surface area contributed by atoms with Crippen molar-refractivity contribution in [2.45, 2.75) is 28.9 Å². The number of hydrogen-bond acceptors (Lipinski definition) is 4. The summed E-state index contributed by atoms with van der Waals surface area (Å²) in [5.41, 5.74) is 2.69. The average molecular weight is 248 g/mol. The van der Waals surface area contributed by atoms with Crippen LogP contribution in [-0.2, 0) is 6.42 Å². The molecule has 2 aromatic heterocycles. The summed E-state index contributed by atoms with van der Waals surface area (Å²) in [6.45, 7) is 0. The van der Waals surface area contributed by atoms with Crippen LogP contribution in [0.5, 0.6) is 0 Å². The Bertz CT molecular complexity index is 468. The molecule has 82 valence electrons. The molecule has 0 N–H and O–H groups in total. The van der Waals surface area contributed by atoms with Crippen LogP contribution < -0.4 is 0 Å². The van der Waals surface area contributed by atoms with E-state index >= 15 is 0 Å². The molecule has 0 aromatic carbocycles. The maximum absolute atomic E-state index is 4.54. The van der Waals surface area contributed by atoms with E-state index in [9.17, 15) is 0 Å². The smallest absolute Gasteiger partial charge is 0.150 e. The van der Waals surface area contributed by atoms with E-state index in [2.05, 4.69) is 16.0 Å². The van der Waals surface area contributed by atoms with Gasteiger partial charge in [0.1, 0.15) is 4.34 Å². The lowest BCUT2D eigenvalue weighted by Crippen LogP contribution is -2.08. The second kappa shape index (κ2) is 4.55. The van der Waals surface area contributed by atoms with Crippen molar-refractivity contribution in [1.29, 1.82) is 0 Å². The first kappa shape index (κ1) is 10.3. The van der Waals surface area contributed by atoms with E-state index in [0.717, 1.165) is 4.34 Å². The lowest BCUT2D eigenvalue weighted by atomic mass is 9.96. The first-order valence-electron chi connectivity index (χ1n) is 5.43. The largest absolute Gasteiger partial charge is 0.260 e. The van der Waals surface area contributed by atoms with E-state index < -0.39 is 0 Å². The number of pyridine rings is 1. The summed E-state index contributed by atoms with van der Waals surface area (Å²) in [4.78, 5) is 8.87. The molecular formula is C12H12N2S2. The van der Waals surface area contributed by atoms with Gasteiger partial charge in [-0.2, -0.15) is 0 Å². The Morgan fingerprint density at radius 1 is 1.31 bits per heavy atom. The fourth-order valence-corrected chi connectivity index (χ4v) is 4.14. The minimum atomic E-state index is 0.496. The molecule has 0 bridgehead atoms. The van der Waals surface area contributed by atoms with E-state index in [0.29, 0.717) is 5.25 Å². The van der Waals surface area contributed by atoms with Crippen molar-refractivity contribution in [1.82, 2.24) is 9.97 Å². The molecule has 1 atom stereocenters. The fourth-order valence-electron chi connectivity index (χ4n) is 2.07. The molecule has 1 aliphatic carbocycles. The molecule has 4 heteroatoms. The van der Waals surface area contributed by atoms with Crippen LogP contribution in [0.2, 0.25) is 0 Å². The minimum Gasteiger partial charge on any atom is -0.260 e. The number of rotatable bonds is 2. The van der Waals surface area contributed by atoms with Gasteiger partial charge in [-0.15, -0.1) is 11.3 Å². The van der Waals surface area contributed by atoms with Gasteiger partial charge in [0.2, 0.25) is 0 Å². The van der Waals surface area contributed by atoms with Crippen LogP contribution in [0.1, 0.15) is 29.3 Å². The van der Waals surface area contributed by atoms with Gasteiger partial charge in [0, 0.05) is 17.8 Å². The predicted octanol–water partition coefficient (Wildman–Crippen LogP) is 3.71. The zero-order valence-electron chi connectivity index (χ0n) is 8.80. The minimum absolute atomic E-state index is 0.496. The number of thiazole rings is 1. The molecule has 1 unspecified atom stereocenters. The molecule has 0 saturated heterocycles. The second-order valence-corrected chi connectivity index (χ2v) is 6.19. The number of fused-ring (bicyclic) bond motifs is 1. The molecule has 2 heterocycles. The van der Waals surface area contributed by atoms with Crippen molar-refractivity contribution in [2.75, 3.05) is 0 Å². The first-order valence-corrected chi connectivity index (χ1v) is 7.19. The van der Waals surface area contributed by atoms with Gasteiger partial charge >= 0.3 is 0 Å². The lowest BCUT2D eigenvalue weighted by Gasteiger charge is -2.22. The van der Waals surface area contributed by atoms with Gasteiger partial charge in [-0.25, -0.2) is 4.98 Å². The van der Waals surface area contributed by atoms with Crippen LogP contribution in [0.15, 0.2) is 34.2 Å². The zero-order valence-corrected chi connectivity index (χ0v) is 10.4. The van der Waals surface area contributed by atoms with Crippen LogP contribution in [0.3, 0.4) is 0 Å². The average Bonchev–Trinajstić information content (AvgIpc) is 2.82. The molecule has 0 fully saturated rings. The maximum atomic E-state index is 4.54. The van der Waals surface area contributed by atoms with E-state index in [1.54, 1.807) is 11.3 Å². The Labute approximate surface area is 103 Å². The Hall–Kier alpha value is -0.870. The Balaban J connectivity index is 1.87. The van der Waals surface area contributed by atoms with Crippen molar-refractivity contribution >= 4 is 23.1 Å². The van der Waals surface area contributed by atoms with Crippen molar-refractivity contribution < 1.29 is 0 Å². The van der Waals surface area contributed by atoms with Gasteiger partial charge in [0.25, 0.3) is 0 Å². The maximum Gasteiger partial charge on any atom is 0.150 e. The van der Waals surface area contributed by atoms with Crippen LogP contribution in [0.4, 0.5) is 0 Å². The zero-order chi connectivity index (χ0) is 10.8. The molecule has 2 aromatic rings. The van der Waals surface area contributed by atoms with Crippen molar-refractivity contribution in [3.63, 3.8) is 0 Å².